The number of hydrogen-bond donors (Lipinski definition) is 1. The summed E-state index contributed by atoms with van der Waals surface area (Å²) in [7, 11) is 0. The Morgan fingerprint density at radius 3 is 3.09 bits per heavy atom. The minimum absolute atomic E-state index is 0.328. The summed E-state index contributed by atoms with van der Waals surface area (Å²) in [5, 5.41) is 3.53. The molecule has 22 heavy (non-hydrogen) atoms. The van der Waals surface area contributed by atoms with Crippen molar-refractivity contribution < 1.29 is 9.47 Å². The van der Waals surface area contributed by atoms with Crippen molar-refractivity contribution in [3.63, 3.8) is 0 Å². The van der Waals surface area contributed by atoms with Gasteiger partial charge in [0.15, 0.2) is 0 Å². The van der Waals surface area contributed by atoms with Gasteiger partial charge >= 0.3 is 0 Å². The molecule has 1 atom stereocenters. The highest BCUT2D eigenvalue weighted by molar-refractivity contribution is 5.28. The molecule has 1 unspecified atom stereocenters. The lowest BCUT2D eigenvalue weighted by Gasteiger charge is -2.33. The molecule has 122 valence electrons. The van der Waals surface area contributed by atoms with E-state index >= 15 is 0 Å². The second kappa shape index (κ2) is 7.95. The van der Waals surface area contributed by atoms with Gasteiger partial charge in [0, 0.05) is 32.2 Å². The van der Waals surface area contributed by atoms with E-state index in [-0.39, 0.29) is 0 Å². The van der Waals surface area contributed by atoms with Crippen LogP contribution in [-0.2, 0) is 11.3 Å². The first kappa shape index (κ1) is 15.8. The minimum Gasteiger partial charge on any atom is -0.494 e. The quantitative estimate of drug-likeness (QED) is 0.800. The Kier molecular flexibility index (Phi) is 5.70. The van der Waals surface area contributed by atoms with E-state index in [4.69, 9.17) is 9.47 Å². The summed E-state index contributed by atoms with van der Waals surface area (Å²) in [6, 6.07) is 9.20. The Hall–Kier alpha value is -1.10. The Balaban J connectivity index is 1.40. The monoisotopic (exact) mass is 304 g/mol. The molecular formula is C18H28N2O2. The Labute approximate surface area is 133 Å². The summed E-state index contributed by atoms with van der Waals surface area (Å²) < 4.78 is 11.6. The number of hydrogen-bond acceptors (Lipinski definition) is 4. The molecule has 4 nitrogen and oxygen atoms in total. The van der Waals surface area contributed by atoms with Gasteiger partial charge in [0.1, 0.15) is 5.75 Å². The van der Waals surface area contributed by atoms with Gasteiger partial charge in [-0.05, 0) is 37.0 Å². The molecule has 0 amide bonds. The van der Waals surface area contributed by atoms with Crippen molar-refractivity contribution >= 4 is 0 Å². The number of nitrogens with zero attached hydrogens (tertiary/aromatic N) is 1. The maximum absolute atomic E-state index is 5.87. The van der Waals surface area contributed by atoms with Crippen LogP contribution in [0.15, 0.2) is 24.3 Å². The zero-order valence-corrected chi connectivity index (χ0v) is 13.6. The average molecular weight is 304 g/mol. The van der Waals surface area contributed by atoms with Gasteiger partial charge in [-0.3, -0.25) is 4.90 Å². The van der Waals surface area contributed by atoms with Crippen molar-refractivity contribution in [2.45, 2.75) is 44.9 Å². The van der Waals surface area contributed by atoms with Crippen LogP contribution in [0.4, 0.5) is 0 Å². The molecule has 1 aliphatic heterocycles. The standard InChI is InChI=1S/C18H28N2O2/c1-2-9-21-17-5-3-4-15(11-17)12-19-13-18-14-20(8-10-22-18)16-6-7-16/h3-5,11,16,18-19H,2,6-10,12-14H2,1H3. The van der Waals surface area contributed by atoms with Crippen molar-refractivity contribution in [1.82, 2.24) is 10.2 Å². The molecule has 0 radical (unpaired) electrons. The highest BCUT2D eigenvalue weighted by atomic mass is 16.5. The van der Waals surface area contributed by atoms with E-state index < -0.39 is 0 Å². The smallest absolute Gasteiger partial charge is 0.119 e. The van der Waals surface area contributed by atoms with E-state index in [1.165, 1.54) is 18.4 Å². The molecule has 0 spiro atoms. The van der Waals surface area contributed by atoms with Crippen molar-refractivity contribution in [2.24, 2.45) is 0 Å². The summed E-state index contributed by atoms with van der Waals surface area (Å²) in [5.74, 6) is 0.968. The summed E-state index contributed by atoms with van der Waals surface area (Å²) in [6.07, 6.45) is 4.13. The summed E-state index contributed by atoms with van der Waals surface area (Å²) in [4.78, 5) is 2.59. The molecule has 1 saturated carbocycles. The third kappa shape index (κ3) is 4.70. The Morgan fingerprint density at radius 1 is 1.36 bits per heavy atom. The predicted molar refractivity (Wildman–Crippen MR) is 88.3 cm³/mol. The van der Waals surface area contributed by atoms with E-state index in [0.29, 0.717) is 6.10 Å². The third-order valence-corrected chi connectivity index (χ3v) is 4.31. The zero-order valence-electron chi connectivity index (χ0n) is 13.6. The van der Waals surface area contributed by atoms with Crippen LogP contribution in [0.25, 0.3) is 0 Å². The summed E-state index contributed by atoms with van der Waals surface area (Å²) in [5.41, 5.74) is 1.27. The van der Waals surface area contributed by atoms with Crippen LogP contribution in [0.2, 0.25) is 0 Å². The highest BCUT2D eigenvalue weighted by Gasteiger charge is 2.32. The molecule has 0 bridgehead atoms. The van der Waals surface area contributed by atoms with Gasteiger partial charge in [0.05, 0.1) is 19.3 Å². The number of ether oxygens (including phenoxy) is 2. The Morgan fingerprint density at radius 2 is 2.27 bits per heavy atom. The lowest BCUT2D eigenvalue weighted by atomic mass is 10.2. The number of benzene rings is 1. The van der Waals surface area contributed by atoms with Crippen LogP contribution in [0, 0.1) is 0 Å². The first-order chi connectivity index (χ1) is 10.8. The van der Waals surface area contributed by atoms with Crippen LogP contribution in [-0.4, -0.2) is 49.9 Å². The van der Waals surface area contributed by atoms with Crippen LogP contribution in [0.5, 0.6) is 5.75 Å². The fourth-order valence-electron chi connectivity index (χ4n) is 2.98. The topological polar surface area (TPSA) is 33.7 Å². The molecule has 2 aliphatic rings. The SMILES string of the molecule is CCCOc1cccc(CNCC2CN(C3CC3)CCO2)c1. The van der Waals surface area contributed by atoms with Crippen LogP contribution >= 0.6 is 0 Å². The van der Waals surface area contributed by atoms with Crippen molar-refractivity contribution in [3.8, 4) is 5.75 Å². The largest absolute Gasteiger partial charge is 0.494 e. The van der Waals surface area contributed by atoms with E-state index in [1.807, 2.05) is 6.07 Å². The molecule has 4 heteroatoms. The third-order valence-electron chi connectivity index (χ3n) is 4.31. The van der Waals surface area contributed by atoms with Crippen molar-refractivity contribution in [2.75, 3.05) is 32.8 Å². The van der Waals surface area contributed by atoms with Gasteiger partial charge in [0.2, 0.25) is 0 Å². The summed E-state index contributed by atoms with van der Waals surface area (Å²) >= 11 is 0. The van der Waals surface area contributed by atoms with E-state index in [1.54, 1.807) is 0 Å². The maximum Gasteiger partial charge on any atom is 0.119 e. The van der Waals surface area contributed by atoms with Crippen LogP contribution in [0.1, 0.15) is 31.7 Å². The molecule has 1 saturated heterocycles. The molecule has 1 heterocycles. The average Bonchev–Trinajstić information content (AvgIpc) is 3.39. The van der Waals surface area contributed by atoms with Gasteiger partial charge in [-0.2, -0.15) is 0 Å². The Bertz CT molecular complexity index is 462. The molecule has 3 rings (SSSR count). The van der Waals surface area contributed by atoms with Crippen molar-refractivity contribution in [3.05, 3.63) is 29.8 Å². The highest BCUT2D eigenvalue weighted by Crippen LogP contribution is 2.28. The molecular weight excluding hydrogens is 276 g/mol. The molecule has 0 aromatic heterocycles. The molecule has 1 aliphatic carbocycles. The normalized spacial score (nSPS) is 22.7. The fraction of sp³-hybridized carbons (Fsp3) is 0.667. The van der Waals surface area contributed by atoms with Gasteiger partial charge in [-0.15, -0.1) is 0 Å². The second-order valence-electron chi connectivity index (χ2n) is 6.35. The van der Waals surface area contributed by atoms with Gasteiger partial charge < -0.3 is 14.8 Å². The number of morpholine rings is 1. The zero-order chi connectivity index (χ0) is 15.2. The first-order valence-electron chi connectivity index (χ1n) is 8.63. The molecule has 1 N–H and O–H groups in total. The second-order valence-corrected chi connectivity index (χ2v) is 6.35. The van der Waals surface area contributed by atoms with Gasteiger partial charge in [-0.25, -0.2) is 0 Å². The minimum atomic E-state index is 0.328. The van der Waals surface area contributed by atoms with Crippen molar-refractivity contribution in [1.29, 1.82) is 0 Å². The number of nitrogens with one attached hydrogen (secondary N) is 1. The summed E-state index contributed by atoms with van der Waals surface area (Å²) in [6.45, 7) is 7.76. The predicted octanol–water partition coefficient (Wildman–Crippen LogP) is 2.43. The molecule has 1 aromatic rings. The maximum atomic E-state index is 5.87. The lowest BCUT2D eigenvalue weighted by molar-refractivity contribution is -0.0301. The van der Waals surface area contributed by atoms with Crippen LogP contribution < -0.4 is 10.1 Å². The van der Waals surface area contributed by atoms with Gasteiger partial charge in [-0.1, -0.05) is 19.1 Å². The lowest BCUT2D eigenvalue weighted by Crippen LogP contribution is -2.47. The van der Waals surface area contributed by atoms with Crippen LogP contribution in [0.3, 0.4) is 0 Å². The van der Waals surface area contributed by atoms with E-state index in [9.17, 15) is 0 Å². The molecule has 1 aromatic carbocycles. The van der Waals surface area contributed by atoms with E-state index in [2.05, 4.69) is 35.3 Å². The first-order valence-corrected chi connectivity index (χ1v) is 8.63. The number of rotatable bonds is 8. The van der Waals surface area contributed by atoms with E-state index in [0.717, 1.165) is 57.6 Å². The van der Waals surface area contributed by atoms with Gasteiger partial charge in [0.25, 0.3) is 0 Å². The fourth-order valence-corrected chi connectivity index (χ4v) is 2.98. The molecule has 2 fully saturated rings.